The second kappa shape index (κ2) is 6.58. The van der Waals surface area contributed by atoms with E-state index in [1.807, 2.05) is 0 Å². The molecule has 2 aliphatic rings. The summed E-state index contributed by atoms with van der Waals surface area (Å²) in [5.41, 5.74) is -0.353. The van der Waals surface area contributed by atoms with Crippen LogP contribution < -0.4 is 0 Å². The molecule has 0 spiro atoms. The van der Waals surface area contributed by atoms with E-state index in [9.17, 15) is 5.11 Å². The topological polar surface area (TPSA) is 23.5 Å². The van der Waals surface area contributed by atoms with Gasteiger partial charge in [-0.2, -0.15) is 0 Å². The number of rotatable bonds is 4. The first-order valence-corrected chi connectivity index (χ1v) is 8.50. The van der Waals surface area contributed by atoms with Crippen molar-refractivity contribution in [2.45, 2.75) is 71.3 Å². The van der Waals surface area contributed by atoms with Crippen LogP contribution in [0, 0.1) is 17.8 Å². The highest BCUT2D eigenvalue weighted by atomic mass is 16.3. The SMILES string of the molecule is CCC1CCCCC1C1(O)CCN(CC(C)C)CC1. The highest BCUT2D eigenvalue weighted by molar-refractivity contribution is 4.95. The Balaban J connectivity index is 1.92. The van der Waals surface area contributed by atoms with Crippen molar-refractivity contribution in [2.75, 3.05) is 19.6 Å². The normalized spacial score (nSPS) is 32.7. The van der Waals surface area contributed by atoms with Crippen molar-refractivity contribution in [3.8, 4) is 0 Å². The van der Waals surface area contributed by atoms with Crippen LogP contribution in [0.5, 0.6) is 0 Å². The van der Waals surface area contributed by atoms with E-state index in [2.05, 4.69) is 25.7 Å². The van der Waals surface area contributed by atoms with Gasteiger partial charge in [0.05, 0.1) is 5.60 Å². The summed E-state index contributed by atoms with van der Waals surface area (Å²) in [5.74, 6) is 2.09. The third-order valence-electron chi connectivity index (χ3n) is 5.47. The molecule has 0 radical (unpaired) electrons. The molecule has 1 heterocycles. The third kappa shape index (κ3) is 3.72. The first-order chi connectivity index (χ1) is 9.05. The molecule has 112 valence electrons. The minimum absolute atomic E-state index is 0.353. The Kier molecular flexibility index (Phi) is 5.30. The number of aliphatic hydroxyl groups is 1. The molecule has 0 aromatic heterocycles. The summed E-state index contributed by atoms with van der Waals surface area (Å²) in [6.07, 6.45) is 8.58. The molecule has 0 bridgehead atoms. The van der Waals surface area contributed by atoms with E-state index in [0.29, 0.717) is 5.92 Å². The first-order valence-electron chi connectivity index (χ1n) is 8.50. The average molecular weight is 267 g/mol. The molecule has 2 atom stereocenters. The molecule has 0 aromatic rings. The van der Waals surface area contributed by atoms with Crippen molar-refractivity contribution in [2.24, 2.45) is 17.8 Å². The molecular formula is C17H33NO. The zero-order valence-electron chi connectivity index (χ0n) is 13.2. The van der Waals surface area contributed by atoms with Gasteiger partial charge >= 0.3 is 0 Å². The monoisotopic (exact) mass is 267 g/mol. The molecule has 2 rings (SSSR count). The zero-order chi connectivity index (χ0) is 13.9. The molecule has 1 N–H and O–H groups in total. The number of piperidine rings is 1. The van der Waals surface area contributed by atoms with E-state index in [-0.39, 0.29) is 5.60 Å². The second-order valence-corrected chi connectivity index (χ2v) is 7.36. The Bertz CT molecular complexity index is 268. The predicted octanol–water partition coefficient (Wildman–Crippen LogP) is 3.69. The maximum Gasteiger partial charge on any atom is 0.0702 e. The van der Waals surface area contributed by atoms with E-state index in [1.54, 1.807) is 0 Å². The highest BCUT2D eigenvalue weighted by Gasteiger charge is 2.43. The van der Waals surface area contributed by atoms with Gasteiger partial charge in [0.2, 0.25) is 0 Å². The Hall–Kier alpha value is -0.0800. The lowest BCUT2D eigenvalue weighted by atomic mass is 9.66. The zero-order valence-corrected chi connectivity index (χ0v) is 13.2. The molecule has 2 fully saturated rings. The van der Waals surface area contributed by atoms with Gasteiger partial charge in [-0.3, -0.25) is 0 Å². The third-order valence-corrected chi connectivity index (χ3v) is 5.47. The molecule has 1 aliphatic carbocycles. The van der Waals surface area contributed by atoms with Crippen molar-refractivity contribution in [1.29, 1.82) is 0 Å². The molecule has 0 amide bonds. The summed E-state index contributed by atoms with van der Waals surface area (Å²) in [6, 6.07) is 0. The van der Waals surface area contributed by atoms with Gasteiger partial charge < -0.3 is 10.0 Å². The smallest absolute Gasteiger partial charge is 0.0702 e. The maximum absolute atomic E-state index is 11.1. The second-order valence-electron chi connectivity index (χ2n) is 7.36. The van der Waals surface area contributed by atoms with E-state index in [1.165, 1.54) is 38.6 Å². The summed E-state index contributed by atoms with van der Waals surface area (Å²) in [5, 5.41) is 11.1. The van der Waals surface area contributed by atoms with Crippen molar-refractivity contribution in [3.05, 3.63) is 0 Å². The van der Waals surface area contributed by atoms with Crippen LogP contribution in [0.3, 0.4) is 0 Å². The summed E-state index contributed by atoms with van der Waals surface area (Å²) in [6.45, 7) is 10.3. The summed E-state index contributed by atoms with van der Waals surface area (Å²) >= 11 is 0. The maximum atomic E-state index is 11.1. The van der Waals surface area contributed by atoms with E-state index in [0.717, 1.165) is 37.8 Å². The molecule has 19 heavy (non-hydrogen) atoms. The number of nitrogens with zero attached hydrogens (tertiary/aromatic N) is 1. The van der Waals surface area contributed by atoms with Crippen LogP contribution in [0.25, 0.3) is 0 Å². The Labute approximate surface area is 119 Å². The van der Waals surface area contributed by atoms with Crippen molar-refractivity contribution in [1.82, 2.24) is 4.90 Å². The van der Waals surface area contributed by atoms with Crippen LogP contribution >= 0.6 is 0 Å². The summed E-state index contributed by atoms with van der Waals surface area (Å²) in [7, 11) is 0. The molecular weight excluding hydrogens is 234 g/mol. The van der Waals surface area contributed by atoms with Crippen molar-refractivity contribution >= 4 is 0 Å². The lowest BCUT2D eigenvalue weighted by Gasteiger charge is -2.47. The van der Waals surface area contributed by atoms with Crippen LogP contribution in [0.1, 0.15) is 65.7 Å². The fourth-order valence-corrected chi connectivity index (χ4v) is 4.41. The Morgan fingerprint density at radius 3 is 2.37 bits per heavy atom. The van der Waals surface area contributed by atoms with Gasteiger partial charge in [0.15, 0.2) is 0 Å². The number of hydrogen-bond donors (Lipinski definition) is 1. The molecule has 2 unspecified atom stereocenters. The Morgan fingerprint density at radius 1 is 1.16 bits per heavy atom. The first kappa shape index (κ1) is 15.3. The quantitative estimate of drug-likeness (QED) is 0.840. The van der Waals surface area contributed by atoms with Crippen LogP contribution in [0.15, 0.2) is 0 Å². The van der Waals surface area contributed by atoms with Gasteiger partial charge in [-0.1, -0.05) is 46.5 Å². The standard InChI is InChI=1S/C17H33NO/c1-4-15-7-5-6-8-16(15)17(19)9-11-18(12-10-17)13-14(2)3/h14-16,19H,4-13H2,1-3H3. The number of likely N-dealkylation sites (tertiary alicyclic amines) is 1. The van der Waals surface area contributed by atoms with Crippen LogP contribution in [-0.4, -0.2) is 35.2 Å². The van der Waals surface area contributed by atoms with Crippen LogP contribution in [0.2, 0.25) is 0 Å². The fourth-order valence-electron chi connectivity index (χ4n) is 4.41. The highest BCUT2D eigenvalue weighted by Crippen LogP contribution is 2.43. The van der Waals surface area contributed by atoms with E-state index >= 15 is 0 Å². The van der Waals surface area contributed by atoms with E-state index in [4.69, 9.17) is 0 Å². The lowest BCUT2D eigenvalue weighted by Crippen LogP contribution is -2.52. The summed E-state index contributed by atoms with van der Waals surface area (Å²) < 4.78 is 0. The Morgan fingerprint density at radius 2 is 1.79 bits per heavy atom. The van der Waals surface area contributed by atoms with Crippen LogP contribution in [-0.2, 0) is 0 Å². The molecule has 1 saturated carbocycles. The average Bonchev–Trinajstić information content (AvgIpc) is 2.41. The predicted molar refractivity (Wildman–Crippen MR) is 81.2 cm³/mol. The summed E-state index contributed by atoms with van der Waals surface area (Å²) in [4.78, 5) is 2.54. The molecule has 1 saturated heterocycles. The molecule has 2 nitrogen and oxygen atoms in total. The lowest BCUT2D eigenvalue weighted by molar-refractivity contribution is -0.0973. The molecule has 1 aliphatic heterocycles. The minimum atomic E-state index is -0.353. The van der Waals surface area contributed by atoms with Gasteiger partial charge in [0, 0.05) is 19.6 Å². The largest absolute Gasteiger partial charge is 0.389 e. The fraction of sp³-hybridized carbons (Fsp3) is 1.00. The van der Waals surface area contributed by atoms with Gasteiger partial charge in [0.25, 0.3) is 0 Å². The minimum Gasteiger partial charge on any atom is -0.389 e. The van der Waals surface area contributed by atoms with Gasteiger partial charge in [0.1, 0.15) is 0 Å². The van der Waals surface area contributed by atoms with Gasteiger partial charge in [-0.25, -0.2) is 0 Å². The van der Waals surface area contributed by atoms with Crippen molar-refractivity contribution in [3.63, 3.8) is 0 Å². The number of hydrogen-bond acceptors (Lipinski definition) is 2. The molecule has 0 aromatic carbocycles. The van der Waals surface area contributed by atoms with E-state index < -0.39 is 0 Å². The van der Waals surface area contributed by atoms with Gasteiger partial charge in [-0.05, 0) is 37.0 Å². The van der Waals surface area contributed by atoms with Gasteiger partial charge in [-0.15, -0.1) is 0 Å². The van der Waals surface area contributed by atoms with Crippen LogP contribution in [0.4, 0.5) is 0 Å². The van der Waals surface area contributed by atoms with Crippen molar-refractivity contribution < 1.29 is 5.11 Å². The molecule has 2 heteroatoms.